The van der Waals surface area contributed by atoms with E-state index in [1.807, 2.05) is 0 Å². The maximum atomic E-state index is 11.8. The highest BCUT2D eigenvalue weighted by Gasteiger charge is 2.30. The molecule has 22 heavy (non-hydrogen) atoms. The highest BCUT2D eigenvalue weighted by atomic mass is 35.5. The number of phenols is 1. The van der Waals surface area contributed by atoms with Crippen molar-refractivity contribution in [2.24, 2.45) is 5.92 Å². The second-order valence-corrected chi connectivity index (χ2v) is 6.50. The molecule has 0 spiro atoms. The van der Waals surface area contributed by atoms with Crippen molar-refractivity contribution >= 4 is 29.1 Å². The molecule has 1 aliphatic heterocycles. The summed E-state index contributed by atoms with van der Waals surface area (Å²) in [6.45, 7) is 2.54. The summed E-state index contributed by atoms with van der Waals surface area (Å²) < 4.78 is 0. The zero-order chi connectivity index (χ0) is 16.3. The predicted molar refractivity (Wildman–Crippen MR) is 86.3 cm³/mol. The van der Waals surface area contributed by atoms with Crippen LogP contribution >= 0.6 is 23.2 Å². The Morgan fingerprint density at radius 1 is 1.50 bits per heavy atom. The molecular formula is C15H20Cl2N2O3. The number of halogens is 2. The average Bonchev–Trinajstić information content (AvgIpc) is 2.89. The standard InChI is InChI=1S/C15H20Cl2N2O3/c1-8(20)6-19-13(22)5-9-4-11(18-7-9)14-12(21)3-2-10(16)15(14)17/h2-3,8-9,11,18,20-21H,4-7H2,1H3,(H,19,22)/t8-,9+,11-/m1/s1. The van der Waals surface area contributed by atoms with Gasteiger partial charge in [-0.2, -0.15) is 0 Å². The Labute approximate surface area is 139 Å². The van der Waals surface area contributed by atoms with E-state index in [-0.39, 0.29) is 30.2 Å². The van der Waals surface area contributed by atoms with Gasteiger partial charge in [-0.3, -0.25) is 4.79 Å². The van der Waals surface area contributed by atoms with Crippen molar-refractivity contribution in [2.45, 2.75) is 31.9 Å². The summed E-state index contributed by atoms with van der Waals surface area (Å²) in [7, 11) is 0. The molecule has 0 aliphatic carbocycles. The molecule has 1 aliphatic rings. The van der Waals surface area contributed by atoms with Gasteiger partial charge in [-0.15, -0.1) is 0 Å². The molecule has 1 saturated heterocycles. The molecular weight excluding hydrogens is 327 g/mol. The van der Waals surface area contributed by atoms with Gasteiger partial charge >= 0.3 is 0 Å². The van der Waals surface area contributed by atoms with Gasteiger partial charge in [-0.25, -0.2) is 0 Å². The monoisotopic (exact) mass is 346 g/mol. The van der Waals surface area contributed by atoms with Crippen LogP contribution in [0.1, 0.15) is 31.4 Å². The van der Waals surface area contributed by atoms with Crippen LogP contribution < -0.4 is 10.6 Å². The lowest BCUT2D eigenvalue weighted by atomic mass is 9.96. The minimum absolute atomic E-state index is 0.0882. The first-order valence-electron chi connectivity index (χ1n) is 7.23. The van der Waals surface area contributed by atoms with E-state index in [2.05, 4.69) is 10.6 Å². The zero-order valence-corrected chi connectivity index (χ0v) is 13.8. The Kier molecular flexibility index (Phi) is 5.92. The van der Waals surface area contributed by atoms with Crippen LogP contribution in [0.3, 0.4) is 0 Å². The van der Waals surface area contributed by atoms with E-state index >= 15 is 0 Å². The van der Waals surface area contributed by atoms with Crippen LogP contribution in [0.2, 0.25) is 10.0 Å². The van der Waals surface area contributed by atoms with E-state index in [1.165, 1.54) is 6.07 Å². The number of rotatable bonds is 5. The molecule has 1 amide bonds. The van der Waals surface area contributed by atoms with E-state index in [0.717, 1.165) is 0 Å². The Bertz CT molecular complexity index is 552. The lowest BCUT2D eigenvalue weighted by Gasteiger charge is -2.15. The molecule has 0 radical (unpaired) electrons. The lowest BCUT2D eigenvalue weighted by Crippen LogP contribution is -2.32. The summed E-state index contributed by atoms with van der Waals surface area (Å²) in [6, 6.07) is 2.95. The first-order chi connectivity index (χ1) is 10.4. The Morgan fingerprint density at radius 3 is 2.91 bits per heavy atom. The van der Waals surface area contributed by atoms with E-state index in [1.54, 1.807) is 13.0 Å². The number of nitrogens with one attached hydrogen (secondary N) is 2. The smallest absolute Gasteiger partial charge is 0.220 e. The first-order valence-corrected chi connectivity index (χ1v) is 7.99. The Hall–Kier alpha value is -1.01. The third kappa shape index (κ3) is 4.26. The van der Waals surface area contributed by atoms with Crippen LogP contribution in [-0.4, -0.2) is 35.3 Å². The van der Waals surface area contributed by atoms with Crippen molar-refractivity contribution < 1.29 is 15.0 Å². The second kappa shape index (κ2) is 7.51. The number of carbonyl (C=O) groups excluding carboxylic acids is 1. The molecule has 1 aromatic rings. The normalized spacial score (nSPS) is 22.5. The molecule has 4 N–H and O–H groups in total. The molecule has 3 atom stereocenters. The molecule has 2 rings (SSSR count). The number of amides is 1. The fourth-order valence-corrected chi connectivity index (χ4v) is 3.12. The fraction of sp³-hybridized carbons (Fsp3) is 0.533. The third-order valence-electron chi connectivity index (χ3n) is 3.75. The molecule has 5 nitrogen and oxygen atoms in total. The number of hydrogen-bond donors (Lipinski definition) is 4. The van der Waals surface area contributed by atoms with E-state index in [4.69, 9.17) is 28.3 Å². The minimum atomic E-state index is -0.555. The summed E-state index contributed by atoms with van der Waals surface area (Å²) in [4.78, 5) is 11.8. The van der Waals surface area contributed by atoms with Crippen molar-refractivity contribution in [3.63, 3.8) is 0 Å². The first kappa shape index (κ1) is 17.3. The van der Waals surface area contributed by atoms with Crippen molar-refractivity contribution in [1.29, 1.82) is 0 Å². The number of aliphatic hydroxyl groups excluding tert-OH is 1. The number of carbonyl (C=O) groups is 1. The lowest BCUT2D eigenvalue weighted by molar-refractivity contribution is -0.122. The van der Waals surface area contributed by atoms with Crippen LogP contribution in [0.15, 0.2) is 12.1 Å². The van der Waals surface area contributed by atoms with E-state index in [9.17, 15) is 9.90 Å². The third-order valence-corrected chi connectivity index (χ3v) is 4.57. The quantitative estimate of drug-likeness (QED) is 0.659. The van der Waals surface area contributed by atoms with Crippen LogP contribution in [0.4, 0.5) is 0 Å². The molecule has 0 unspecified atom stereocenters. The average molecular weight is 347 g/mol. The number of benzene rings is 1. The van der Waals surface area contributed by atoms with Gasteiger partial charge in [0, 0.05) is 24.6 Å². The van der Waals surface area contributed by atoms with Crippen molar-refractivity contribution in [3.05, 3.63) is 27.7 Å². The van der Waals surface area contributed by atoms with Gasteiger partial charge in [-0.05, 0) is 37.9 Å². The van der Waals surface area contributed by atoms with Gasteiger partial charge in [0.1, 0.15) is 5.75 Å². The second-order valence-electron chi connectivity index (χ2n) is 5.71. The minimum Gasteiger partial charge on any atom is -0.508 e. The van der Waals surface area contributed by atoms with Gasteiger partial charge in [0.25, 0.3) is 0 Å². The van der Waals surface area contributed by atoms with E-state index in [0.29, 0.717) is 35.0 Å². The van der Waals surface area contributed by atoms with Crippen molar-refractivity contribution in [2.75, 3.05) is 13.1 Å². The SMILES string of the molecule is C[C@@H](O)CNC(=O)C[C@H]1CN[C@@H](c2c(O)ccc(Cl)c2Cl)C1. The van der Waals surface area contributed by atoms with Crippen LogP contribution in [0.25, 0.3) is 0 Å². The number of phenolic OH excluding ortho intramolecular Hbond substituents is 1. The highest BCUT2D eigenvalue weighted by Crippen LogP contribution is 2.41. The number of aromatic hydroxyl groups is 1. The summed E-state index contributed by atoms with van der Waals surface area (Å²) in [6.07, 6.45) is 0.505. The fourth-order valence-electron chi connectivity index (χ4n) is 2.67. The zero-order valence-electron chi connectivity index (χ0n) is 12.3. The molecule has 0 bridgehead atoms. The van der Waals surface area contributed by atoms with Crippen molar-refractivity contribution in [3.8, 4) is 5.75 Å². The molecule has 1 fully saturated rings. The Morgan fingerprint density at radius 2 is 2.23 bits per heavy atom. The molecule has 122 valence electrons. The largest absolute Gasteiger partial charge is 0.508 e. The number of aliphatic hydroxyl groups is 1. The predicted octanol–water partition coefficient (Wildman–Crippen LogP) is 2.24. The summed E-state index contributed by atoms with van der Waals surface area (Å²) in [5, 5.41) is 25.9. The highest BCUT2D eigenvalue weighted by molar-refractivity contribution is 6.42. The summed E-state index contributed by atoms with van der Waals surface area (Å²) in [5.41, 5.74) is 0.584. The van der Waals surface area contributed by atoms with E-state index < -0.39 is 6.10 Å². The maximum absolute atomic E-state index is 11.8. The topological polar surface area (TPSA) is 81.6 Å². The van der Waals surface area contributed by atoms with Gasteiger partial charge in [-0.1, -0.05) is 23.2 Å². The van der Waals surface area contributed by atoms with Gasteiger partial charge in [0.2, 0.25) is 5.91 Å². The number of hydrogen-bond acceptors (Lipinski definition) is 4. The maximum Gasteiger partial charge on any atom is 0.220 e. The molecule has 1 heterocycles. The molecule has 1 aromatic carbocycles. The van der Waals surface area contributed by atoms with Crippen LogP contribution in [-0.2, 0) is 4.79 Å². The Balaban J connectivity index is 1.96. The summed E-state index contributed by atoms with van der Waals surface area (Å²) >= 11 is 12.2. The van der Waals surface area contributed by atoms with Gasteiger partial charge < -0.3 is 20.8 Å². The van der Waals surface area contributed by atoms with Crippen molar-refractivity contribution in [1.82, 2.24) is 10.6 Å². The molecule has 0 saturated carbocycles. The van der Waals surface area contributed by atoms with Gasteiger partial charge in [0.05, 0.1) is 16.1 Å². The molecule has 0 aromatic heterocycles. The summed E-state index contributed by atoms with van der Waals surface area (Å²) in [5.74, 6) is 0.161. The van der Waals surface area contributed by atoms with Gasteiger partial charge in [0.15, 0.2) is 0 Å². The van der Waals surface area contributed by atoms with Crippen LogP contribution in [0.5, 0.6) is 5.75 Å². The van der Waals surface area contributed by atoms with Crippen LogP contribution in [0, 0.1) is 5.92 Å². The molecule has 7 heteroatoms.